The quantitative estimate of drug-likeness (QED) is 0.827. The Morgan fingerprint density at radius 1 is 1.38 bits per heavy atom. The molecule has 3 atom stereocenters. The lowest BCUT2D eigenvalue weighted by Crippen LogP contribution is -2.44. The second-order valence-corrected chi connectivity index (χ2v) is 9.64. The lowest BCUT2D eigenvalue weighted by Gasteiger charge is -2.41. The van der Waals surface area contributed by atoms with Crippen LogP contribution in [0.25, 0.3) is 0 Å². The summed E-state index contributed by atoms with van der Waals surface area (Å²) in [5, 5.41) is 2.16. The van der Waals surface area contributed by atoms with Gasteiger partial charge in [-0.2, -0.15) is 0 Å². The third kappa shape index (κ3) is 5.05. The van der Waals surface area contributed by atoms with Crippen LogP contribution in [0.4, 0.5) is 0 Å². The van der Waals surface area contributed by atoms with E-state index < -0.39 is 0 Å². The third-order valence-electron chi connectivity index (χ3n) is 4.86. The summed E-state index contributed by atoms with van der Waals surface area (Å²) in [6.45, 7) is 9.26. The van der Waals surface area contributed by atoms with E-state index in [1.807, 2.05) is 11.3 Å². The van der Waals surface area contributed by atoms with Gasteiger partial charge in [0.05, 0.1) is 0 Å². The van der Waals surface area contributed by atoms with Crippen molar-refractivity contribution < 1.29 is 0 Å². The zero-order valence-electron chi connectivity index (χ0n) is 13.7. The van der Waals surface area contributed by atoms with Crippen LogP contribution in [-0.2, 0) is 6.54 Å². The average molecular weight is 373 g/mol. The molecule has 0 aliphatic heterocycles. The van der Waals surface area contributed by atoms with Crippen LogP contribution in [0.15, 0.2) is 15.9 Å². The predicted octanol–water partition coefficient (Wildman–Crippen LogP) is 4.73. The third-order valence-corrected chi connectivity index (χ3v) is 6.54. The maximum Gasteiger partial charge on any atom is 0.0325 e. The SMILES string of the molecule is CN(Cc1cc(Br)cs1)CC1CC(C(C)(C)C)CCC1N. The van der Waals surface area contributed by atoms with Gasteiger partial charge in [-0.3, -0.25) is 0 Å². The molecular formula is C17H29BrN2S. The van der Waals surface area contributed by atoms with E-state index in [1.54, 1.807) is 0 Å². The van der Waals surface area contributed by atoms with Crippen molar-refractivity contribution in [2.75, 3.05) is 13.6 Å². The van der Waals surface area contributed by atoms with E-state index in [2.05, 4.69) is 60.1 Å². The van der Waals surface area contributed by atoms with E-state index in [-0.39, 0.29) is 0 Å². The topological polar surface area (TPSA) is 29.3 Å². The highest BCUT2D eigenvalue weighted by Gasteiger charge is 2.34. The molecule has 0 aromatic carbocycles. The number of nitrogens with zero attached hydrogens (tertiary/aromatic N) is 1. The number of rotatable bonds is 4. The fraction of sp³-hybridized carbons (Fsp3) is 0.765. The smallest absolute Gasteiger partial charge is 0.0325 e. The van der Waals surface area contributed by atoms with Gasteiger partial charge >= 0.3 is 0 Å². The van der Waals surface area contributed by atoms with Crippen molar-refractivity contribution in [2.45, 2.75) is 52.6 Å². The fourth-order valence-electron chi connectivity index (χ4n) is 3.45. The monoisotopic (exact) mass is 372 g/mol. The van der Waals surface area contributed by atoms with Gasteiger partial charge in [0.2, 0.25) is 0 Å². The molecule has 2 rings (SSSR count). The van der Waals surface area contributed by atoms with Gasteiger partial charge in [0, 0.05) is 33.9 Å². The van der Waals surface area contributed by atoms with Crippen molar-refractivity contribution >= 4 is 27.3 Å². The Morgan fingerprint density at radius 3 is 2.67 bits per heavy atom. The Morgan fingerprint density at radius 2 is 2.10 bits per heavy atom. The first-order valence-electron chi connectivity index (χ1n) is 7.92. The molecule has 1 aromatic heterocycles. The molecule has 0 radical (unpaired) electrons. The first kappa shape index (κ1) is 17.5. The fourth-order valence-corrected chi connectivity index (χ4v) is 4.98. The molecule has 1 heterocycles. The summed E-state index contributed by atoms with van der Waals surface area (Å²) in [7, 11) is 2.22. The summed E-state index contributed by atoms with van der Waals surface area (Å²) < 4.78 is 1.19. The largest absolute Gasteiger partial charge is 0.327 e. The molecular weight excluding hydrogens is 344 g/mol. The summed E-state index contributed by atoms with van der Waals surface area (Å²) in [5.74, 6) is 1.45. The molecule has 0 saturated heterocycles. The normalized spacial score (nSPS) is 27.3. The lowest BCUT2D eigenvalue weighted by atomic mass is 9.67. The molecule has 0 bridgehead atoms. The van der Waals surface area contributed by atoms with E-state index in [0.29, 0.717) is 17.4 Å². The number of thiophene rings is 1. The highest BCUT2D eigenvalue weighted by Crippen LogP contribution is 2.40. The predicted molar refractivity (Wildman–Crippen MR) is 96.6 cm³/mol. The van der Waals surface area contributed by atoms with Crippen molar-refractivity contribution in [3.63, 3.8) is 0 Å². The lowest BCUT2D eigenvalue weighted by molar-refractivity contribution is 0.104. The second-order valence-electron chi connectivity index (χ2n) is 7.73. The van der Waals surface area contributed by atoms with Gasteiger partial charge < -0.3 is 10.6 Å². The molecule has 0 amide bonds. The number of hydrogen-bond acceptors (Lipinski definition) is 3. The van der Waals surface area contributed by atoms with Crippen LogP contribution < -0.4 is 5.73 Å². The van der Waals surface area contributed by atoms with Crippen molar-refractivity contribution in [1.29, 1.82) is 0 Å². The van der Waals surface area contributed by atoms with Crippen molar-refractivity contribution in [3.8, 4) is 0 Å². The Balaban J connectivity index is 1.90. The van der Waals surface area contributed by atoms with Gasteiger partial charge in [-0.15, -0.1) is 11.3 Å². The molecule has 1 saturated carbocycles. The van der Waals surface area contributed by atoms with Gasteiger partial charge in [-0.1, -0.05) is 20.8 Å². The summed E-state index contributed by atoms with van der Waals surface area (Å²) in [5.41, 5.74) is 6.81. The number of nitrogens with two attached hydrogens (primary N) is 1. The number of halogens is 1. The van der Waals surface area contributed by atoms with Crippen LogP contribution in [0.5, 0.6) is 0 Å². The van der Waals surface area contributed by atoms with Crippen LogP contribution in [0.3, 0.4) is 0 Å². The Labute approximate surface area is 142 Å². The molecule has 21 heavy (non-hydrogen) atoms. The van der Waals surface area contributed by atoms with Gasteiger partial charge in [-0.05, 0) is 65.6 Å². The minimum atomic E-state index is 0.376. The summed E-state index contributed by atoms with van der Waals surface area (Å²) in [6, 6.07) is 2.60. The van der Waals surface area contributed by atoms with E-state index in [0.717, 1.165) is 19.0 Å². The molecule has 1 aliphatic carbocycles. The molecule has 4 heteroatoms. The number of hydrogen-bond donors (Lipinski definition) is 1. The van der Waals surface area contributed by atoms with Crippen LogP contribution in [0.2, 0.25) is 0 Å². The molecule has 1 aromatic rings. The minimum Gasteiger partial charge on any atom is -0.327 e. The standard InChI is InChI=1S/C17H29BrN2S/c1-17(2,3)13-5-6-16(19)12(7-13)9-20(4)10-15-8-14(18)11-21-15/h8,11-13,16H,5-7,9-10,19H2,1-4H3. The maximum absolute atomic E-state index is 6.40. The van der Waals surface area contributed by atoms with Gasteiger partial charge in [0.25, 0.3) is 0 Å². The highest BCUT2D eigenvalue weighted by molar-refractivity contribution is 9.10. The molecule has 1 aliphatic rings. The first-order valence-corrected chi connectivity index (χ1v) is 9.60. The van der Waals surface area contributed by atoms with E-state index in [1.165, 1.54) is 28.6 Å². The van der Waals surface area contributed by atoms with E-state index in [4.69, 9.17) is 5.73 Å². The Kier molecular flexibility index (Phi) is 5.91. The Bertz CT molecular complexity index is 452. The van der Waals surface area contributed by atoms with Crippen LogP contribution in [0, 0.1) is 17.3 Å². The zero-order valence-corrected chi connectivity index (χ0v) is 16.1. The van der Waals surface area contributed by atoms with Gasteiger partial charge in [0.1, 0.15) is 0 Å². The second kappa shape index (κ2) is 7.12. The summed E-state index contributed by atoms with van der Waals surface area (Å²) >= 11 is 5.36. The Hall–Kier alpha value is 0.1000. The molecule has 0 spiro atoms. The summed E-state index contributed by atoms with van der Waals surface area (Å²) in [6.07, 6.45) is 3.76. The van der Waals surface area contributed by atoms with Gasteiger partial charge in [0.15, 0.2) is 0 Å². The maximum atomic E-state index is 6.40. The molecule has 2 N–H and O–H groups in total. The molecule has 3 unspecified atom stereocenters. The highest BCUT2D eigenvalue weighted by atomic mass is 79.9. The van der Waals surface area contributed by atoms with Crippen LogP contribution in [0.1, 0.15) is 44.9 Å². The van der Waals surface area contributed by atoms with Gasteiger partial charge in [-0.25, -0.2) is 0 Å². The zero-order chi connectivity index (χ0) is 15.6. The minimum absolute atomic E-state index is 0.376. The van der Waals surface area contributed by atoms with Crippen LogP contribution >= 0.6 is 27.3 Å². The van der Waals surface area contributed by atoms with E-state index in [9.17, 15) is 0 Å². The van der Waals surface area contributed by atoms with Crippen molar-refractivity contribution in [1.82, 2.24) is 4.90 Å². The molecule has 2 nitrogen and oxygen atoms in total. The summed E-state index contributed by atoms with van der Waals surface area (Å²) in [4.78, 5) is 3.86. The first-order chi connectivity index (χ1) is 9.75. The molecule has 1 fully saturated rings. The van der Waals surface area contributed by atoms with Crippen molar-refractivity contribution in [2.24, 2.45) is 23.0 Å². The molecule has 120 valence electrons. The van der Waals surface area contributed by atoms with E-state index >= 15 is 0 Å². The van der Waals surface area contributed by atoms with Crippen molar-refractivity contribution in [3.05, 3.63) is 20.8 Å². The van der Waals surface area contributed by atoms with Crippen LogP contribution in [-0.4, -0.2) is 24.5 Å². The average Bonchev–Trinajstić information content (AvgIpc) is 2.76.